The lowest BCUT2D eigenvalue weighted by Crippen LogP contribution is -2.25. The van der Waals surface area contributed by atoms with Gasteiger partial charge in [0.1, 0.15) is 5.92 Å². The number of aliphatic carboxylic acids is 1. The summed E-state index contributed by atoms with van der Waals surface area (Å²) in [5, 5.41) is 8.90. The molecule has 4 heteroatoms. The topological polar surface area (TPSA) is 54.4 Å². The van der Waals surface area contributed by atoms with Crippen molar-refractivity contribution in [3.05, 3.63) is 35.9 Å². The van der Waals surface area contributed by atoms with E-state index in [0.29, 0.717) is 12.8 Å². The predicted octanol–water partition coefficient (Wildman–Crippen LogP) is 1.82. The number of hydrogen-bond acceptors (Lipinski definition) is 3. The molecule has 0 aliphatic heterocycles. The Balaban J connectivity index is 2.57. The van der Waals surface area contributed by atoms with Crippen molar-refractivity contribution in [1.29, 1.82) is 0 Å². The van der Waals surface area contributed by atoms with Gasteiger partial charge in [-0.1, -0.05) is 30.3 Å². The molecule has 0 bridgehead atoms. The van der Waals surface area contributed by atoms with Crippen LogP contribution in [0.2, 0.25) is 0 Å². The normalized spacial score (nSPS) is 12.1. The van der Waals surface area contributed by atoms with E-state index >= 15 is 0 Å². The summed E-state index contributed by atoms with van der Waals surface area (Å²) >= 11 is 3.82. The molecule has 0 amide bonds. The number of aryl methyl sites for hydroxylation is 1. The molecular formula is C12H14O3S. The van der Waals surface area contributed by atoms with Crippen LogP contribution in [0.1, 0.15) is 12.0 Å². The molecule has 0 aliphatic rings. The highest BCUT2D eigenvalue weighted by molar-refractivity contribution is 7.81. The Morgan fingerprint density at radius 1 is 1.25 bits per heavy atom. The van der Waals surface area contributed by atoms with E-state index in [2.05, 4.69) is 12.6 Å². The number of carboxylic acids is 1. The largest absolute Gasteiger partial charge is 0.481 e. The monoisotopic (exact) mass is 238 g/mol. The molecule has 0 heterocycles. The molecular weight excluding hydrogens is 224 g/mol. The Morgan fingerprint density at radius 2 is 1.88 bits per heavy atom. The highest BCUT2D eigenvalue weighted by atomic mass is 32.1. The van der Waals surface area contributed by atoms with Crippen LogP contribution in [0.25, 0.3) is 0 Å². The maximum Gasteiger partial charge on any atom is 0.314 e. The number of ketones is 1. The zero-order valence-electron chi connectivity index (χ0n) is 8.80. The third-order valence-corrected chi connectivity index (χ3v) is 2.72. The van der Waals surface area contributed by atoms with E-state index in [1.807, 2.05) is 30.3 Å². The molecule has 0 radical (unpaired) electrons. The van der Waals surface area contributed by atoms with Crippen molar-refractivity contribution >= 4 is 24.4 Å². The van der Waals surface area contributed by atoms with Crippen LogP contribution in [0, 0.1) is 5.92 Å². The SMILES string of the molecule is O=C(O)[C@@H](CCc1ccccc1)C(=O)CS. The van der Waals surface area contributed by atoms with Crippen LogP contribution in [0.4, 0.5) is 0 Å². The lowest BCUT2D eigenvalue weighted by molar-refractivity contribution is -0.145. The summed E-state index contributed by atoms with van der Waals surface area (Å²) in [4.78, 5) is 22.2. The molecule has 0 fully saturated rings. The van der Waals surface area contributed by atoms with Crippen LogP contribution in [0.15, 0.2) is 30.3 Å². The fourth-order valence-electron chi connectivity index (χ4n) is 1.49. The Kier molecular flexibility index (Phi) is 5.05. The zero-order chi connectivity index (χ0) is 12.0. The van der Waals surface area contributed by atoms with Crippen molar-refractivity contribution in [2.75, 3.05) is 5.75 Å². The van der Waals surface area contributed by atoms with Crippen molar-refractivity contribution in [2.45, 2.75) is 12.8 Å². The standard InChI is InChI=1S/C12H14O3S/c13-11(8-16)10(12(14)15)7-6-9-4-2-1-3-5-9/h1-5,10,16H,6-8H2,(H,14,15)/t10-/m0/s1. The molecule has 1 aromatic carbocycles. The van der Waals surface area contributed by atoms with E-state index in [4.69, 9.17) is 5.11 Å². The van der Waals surface area contributed by atoms with Gasteiger partial charge in [0.05, 0.1) is 5.75 Å². The molecule has 86 valence electrons. The summed E-state index contributed by atoms with van der Waals surface area (Å²) in [5.74, 6) is -2.34. The fourth-order valence-corrected chi connectivity index (χ4v) is 1.71. The molecule has 16 heavy (non-hydrogen) atoms. The molecule has 3 nitrogen and oxygen atoms in total. The van der Waals surface area contributed by atoms with Gasteiger partial charge in [0, 0.05) is 0 Å². The van der Waals surface area contributed by atoms with Crippen LogP contribution < -0.4 is 0 Å². The lowest BCUT2D eigenvalue weighted by Gasteiger charge is -2.09. The third-order valence-electron chi connectivity index (χ3n) is 2.41. The van der Waals surface area contributed by atoms with Gasteiger partial charge in [0.2, 0.25) is 0 Å². The van der Waals surface area contributed by atoms with Crippen LogP contribution in [0.3, 0.4) is 0 Å². The number of carbonyl (C=O) groups excluding carboxylic acids is 1. The van der Waals surface area contributed by atoms with Crippen LogP contribution in [-0.4, -0.2) is 22.6 Å². The summed E-state index contributed by atoms with van der Waals surface area (Å²) in [5.41, 5.74) is 1.04. The van der Waals surface area contributed by atoms with Crippen molar-refractivity contribution < 1.29 is 14.7 Å². The summed E-state index contributed by atoms with van der Waals surface area (Å²) in [6.45, 7) is 0. The van der Waals surface area contributed by atoms with E-state index in [1.165, 1.54) is 0 Å². The number of thiol groups is 1. The number of rotatable bonds is 6. The zero-order valence-corrected chi connectivity index (χ0v) is 9.69. The average molecular weight is 238 g/mol. The minimum absolute atomic E-state index is 0.0221. The maximum absolute atomic E-state index is 11.3. The summed E-state index contributed by atoms with van der Waals surface area (Å²) in [6, 6.07) is 9.53. The van der Waals surface area contributed by atoms with Gasteiger partial charge in [0.25, 0.3) is 0 Å². The Bertz CT molecular complexity index is 362. The highest BCUT2D eigenvalue weighted by Gasteiger charge is 2.24. The Morgan fingerprint density at radius 3 is 2.38 bits per heavy atom. The molecule has 0 unspecified atom stereocenters. The minimum atomic E-state index is -1.06. The van der Waals surface area contributed by atoms with Crippen LogP contribution in [-0.2, 0) is 16.0 Å². The Labute approximate surface area is 99.9 Å². The molecule has 1 atom stereocenters. The number of benzene rings is 1. The summed E-state index contributed by atoms with van der Waals surface area (Å²) in [7, 11) is 0. The first-order valence-electron chi connectivity index (χ1n) is 5.05. The van der Waals surface area contributed by atoms with Gasteiger partial charge in [-0.15, -0.1) is 0 Å². The van der Waals surface area contributed by atoms with E-state index in [0.717, 1.165) is 5.56 Å². The van der Waals surface area contributed by atoms with Crippen molar-refractivity contribution in [3.63, 3.8) is 0 Å². The molecule has 0 aromatic heterocycles. The number of hydrogen-bond donors (Lipinski definition) is 2. The van der Waals surface area contributed by atoms with Crippen molar-refractivity contribution in [1.82, 2.24) is 0 Å². The van der Waals surface area contributed by atoms with Gasteiger partial charge in [-0.25, -0.2) is 0 Å². The molecule has 1 aromatic rings. The molecule has 0 aliphatic carbocycles. The van der Waals surface area contributed by atoms with E-state index in [9.17, 15) is 9.59 Å². The second-order valence-corrected chi connectivity index (χ2v) is 3.86. The van der Waals surface area contributed by atoms with Gasteiger partial charge < -0.3 is 5.11 Å². The average Bonchev–Trinajstić information content (AvgIpc) is 2.30. The first-order chi connectivity index (χ1) is 7.65. The summed E-state index contributed by atoms with van der Waals surface area (Å²) in [6.07, 6.45) is 0.927. The van der Waals surface area contributed by atoms with Gasteiger partial charge >= 0.3 is 5.97 Å². The third kappa shape index (κ3) is 3.70. The lowest BCUT2D eigenvalue weighted by atomic mass is 9.96. The second-order valence-electron chi connectivity index (χ2n) is 3.54. The maximum atomic E-state index is 11.3. The van der Waals surface area contributed by atoms with E-state index in [-0.39, 0.29) is 11.5 Å². The van der Waals surface area contributed by atoms with Crippen molar-refractivity contribution in [3.8, 4) is 0 Å². The van der Waals surface area contributed by atoms with Gasteiger partial charge in [-0.3, -0.25) is 9.59 Å². The van der Waals surface area contributed by atoms with Crippen LogP contribution in [0.5, 0.6) is 0 Å². The van der Waals surface area contributed by atoms with Gasteiger partial charge in [0.15, 0.2) is 5.78 Å². The quantitative estimate of drug-likeness (QED) is 0.587. The minimum Gasteiger partial charge on any atom is -0.481 e. The first kappa shape index (κ1) is 12.8. The fraction of sp³-hybridized carbons (Fsp3) is 0.333. The highest BCUT2D eigenvalue weighted by Crippen LogP contribution is 2.12. The number of carbonyl (C=O) groups is 2. The summed E-state index contributed by atoms with van der Waals surface area (Å²) < 4.78 is 0. The smallest absolute Gasteiger partial charge is 0.314 e. The number of Topliss-reactive ketones (excluding diaryl/α,β-unsaturated/α-hetero) is 1. The van der Waals surface area contributed by atoms with Crippen molar-refractivity contribution in [2.24, 2.45) is 5.92 Å². The van der Waals surface area contributed by atoms with Gasteiger partial charge in [-0.2, -0.15) is 12.6 Å². The molecule has 1 N–H and O–H groups in total. The molecule has 1 rings (SSSR count). The predicted molar refractivity (Wildman–Crippen MR) is 64.7 cm³/mol. The Hall–Kier alpha value is -1.29. The number of carboxylic acid groups (broad SMARTS) is 1. The molecule has 0 saturated heterocycles. The van der Waals surface area contributed by atoms with E-state index < -0.39 is 11.9 Å². The molecule has 0 spiro atoms. The van der Waals surface area contributed by atoms with E-state index in [1.54, 1.807) is 0 Å². The van der Waals surface area contributed by atoms with Gasteiger partial charge in [-0.05, 0) is 18.4 Å². The second kappa shape index (κ2) is 6.33. The van der Waals surface area contributed by atoms with Crippen LogP contribution >= 0.6 is 12.6 Å². The molecule has 0 saturated carbocycles. The first-order valence-corrected chi connectivity index (χ1v) is 5.68.